The Morgan fingerprint density at radius 1 is 1.33 bits per heavy atom. The summed E-state index contributed by atoms with van der Waals surface area (Å²) in [5, 5.41) is 17.0. The van der Waals surface area contributed by atoms with Crippen molar-refractivity contribution in [1.82, 2.24) is 0 Å². The van der Waals surface area contributed by atoms with E-state index in [-0.39, 0.29) is 5.69 Å². The molecule has 2 N–H and O–H groups in total. The first-order valence-electron chi connectivity index (χ1n) is 5.61. The fourth-order valence-corrected chi connectivity index (χ4v) is 1.93. The maximum Gasteiger partial charge on any atom is 0.315 e. The summed E-state index contributed by atoms with van der Waals surface area (Å²) in [4.78, 5) is 10.7. The molecule has 6 nitrogen and oxygen atoms in total. The van der Waals surface area contributed by atoms with Crippen molar-refractivity contribution in [2.45, 2.75) is 6.92 Å². The van der Waals surface area contributed by atoms with Crippen LogP contribution in [-0.2, 0) is 10.8 Å². The summed E-state index contributed by atoms with van der Waals surface area (Å²) in [6.45, 7) is 2.94. The number of benzene rings is 1. The second kappa shape index (κ2) is 6.95. The predicted molar refractivity (Wildman–Crippen MR) is 74.7 cm³/mol. The van der Waals surface area contributed by atoms with Crippen LogP contribution < -0.4 is 10.6 Å². The van der Waals surface area contributed by atoms with E-state index in [1.54, 1.807) is 24.5 Å². The number of hydrogen-bond donors (Lipinski definition) is 2. The Kier molecular flexibility index (Phi) is 5.57. The third-order valence-corrected chi connectivity index (χ3v) is 3.07. The van der Waals surface area contributed by atoms with Gasteiger partial charge in [0.1, 0.15) is 11.4 Å². The molecule has 0 heterocycles. The number of rotatable bonds is 7. The Bertz CT molecular complexity index is 451. The SMILES string of the molecule is CCNc1cccc(NCCS(C)=O)c1[N+](=O)[O-]. The Hall–Kier alpha value is -1.63. The van der Waals surface area contributed by atoms with Gasteiger partial charge in [-0.1, -0.05) is 6.07 Å². The number of nitrogens with one attached hydrogen (secondary N) is 2. The van der Waals surface area contributed by atoms with Crippen molar-refractivity contribution in [2.75, 3.05) is 35.7 Å². The van der Waals surface area contributed by atoms with E-state index in [4.69, 9.17) is 0 Å². The van der Waals surface area contributed by atoms with Crippen molar-refractivity contribution in [3.63, 3.8) is 0 Å². The monoisotopic (exact) mass is 271 g/mol. The van der Waals surface area contributed by atoms with Crippen LogP contribution in [0.5, 0.6) is 0 Å². The van der Waals surface area contributed by atoms with Gasteiger partial charge in [0.25, 0.3) is 0 Å². The van der Waals surface area contributed by atoms with E-state index in [9.17, 15) is 14.3 Å². The molecule has 0 radical (unpaired) electrons. The second-order valence-electron chi connectivity index (χ2n) is 3.69. The lowest BCUT2D eigenvalue weighted by molar-refractivity contribution is -0.383. The van der Waals surface area contributed by atoms with Gasteiger partial charge in [-0.3, -0.25) is 14.3 Å². The van der Waals surface area contributed by atoms with Gasteiger partial charge in [-0.25, -0.2) is 0 Å². The van der Waals surface area contributed by atoms with Crippen molar-refractivity contribution in [1.29, 1.82) is 0 Å². The minimum absolute atomic E-state index is 0.0289. The highest BCUT2D eigenvalue weighted by atomic mass is 32.2. The molecule has 0 saturated carbocycles. The van der Waals surface area contributed by atoms with Crippen LogP contribution in [0.4, 0.5) is 17.1 Å². The van der Waals surface area contributed by atoms with Crippen molar-refractivity contribution in [3.8, 4) is 0 Å². The average Bonchev–Trinajstić information content (AvgIpc) is 2.28. The highest BCUT2D eigenvalue weighted by molar-refractivity contribution is 7.84. The first-order valence-corrected chi connectivity index (χ1v) is 7.34. The fraction of sp³-hybridized carbons (Fsp3) is 0.455. The zero-order valence-electron chi connectivity index (χ0n) is 10.4. The Balaban J connectivity index is 2.92. The quantitative estimate of drug-likeness (QED) is 0.583. The predicted octanol–water partition coefficient (Wildman–Crippen LogP) is 1.82. The third kappa shape index (κ3) is 3.99. The second-order valence-corrected chi connectivity index (χ2v) is 5.25. The van der Waals surface area contributed by atoms with E-state index < -0.39 is 15.7 Å². The molecule has 1 atom stereocenters. The number of nitro groups is 1. The van der Waals surface area contributed by atoms with Crippen LogP contribution >= 0.6 is 0 Å². The first kappa shape index (κ1) is 14.4. The van der Waals surface area contributed by atoms with Crippen LogP contribution in [-0.4, -0.2) is 34.2 Å². The summed E-state index contributed by atoms with van der Waals surface area (Å²) < 4.78 is 10.9. The number of nitro benzene ring substituents is 1. The van der Waals surface area contributed by atoms with Crippen LogP contribution in [0.3, 0.4) is 0 Å². The molecule has 0 fully saturated rings. The molecule has 1 aromatic rings. The van der Waals surface area contributed by atoms with E-state index in [2.05, 4.69) is 10.6 Å². The van der Waals surface area contributed by atoms with Crippen LogP contribution in [0.2, 0.25) is 0 Å². The van der Waals surface area contributed by atoms with E-state index >= 15 is 0 Å². The molecular weight excluding hydrogens is 254 g/mol. The Labute approximate surface area is 108 Å². The van der Waals surface area contributed by atoms with Gasteiger partial charge in [0, 0.05) is 35.9 Å². The first-order chi connectivity index (χ1) is 8.56. The van der Waals surface area contributed by atoms with E-state index in [1.807, 2.05) is 6.92 Å². The summed E-state index contributed by atoms with van der Waals surface area (Å²) >= 11 is 0. The topological polar surface area (TPSA) is 84.3 Å². The Morgan fingerprint density at radius 3 is 2.44 bits per heavy atom. The molecule has 0 aliphatic carbocycles. The largest absolute Gasteiger partial charge is 0.380 e. The Morgan fingerprint density at radius 2 is 1.94 bits per heavy atom. The van der Waals surface area contributed by atoms with Gasteiger partial charge in [-0.15, -0.1) is 0 Å². The highest BCUT2D eigenvalue weighted by Gasteiger charge is 2.18. The molecule has 0 aliphatic heterocycles. The van der Waals surface area contributed by atoms with Crippen LogP contribution in [0.15, 0.2) is 18.2 Å². The molecule has 100 valence electrons. The molecule has 0 spiro atoms. The number of nitrogens with zero attached hydrogens (tertiary/aromatic N) is 1. The maximum absolute atomic E-state index is 11.1. The van der Waals surface area contributed by atoms with Crippen molar-refractivity contribution in [2.24, 2.45) is 0 Å². The summed E-state index contributed by atoms with van der Waals surface area (Å²) in [7, 11) is -0.913. The smallest absolute Gasteiger partial charge is 0.315 e. The highest BCUT2D eigenvalue weighted by Crippen LogP contribution is 2.32. The lowest BCUT2D eigenvalue weighted by atomic mass is 10.2. The summed E-state index contributed by atoms with van der Waals surface area (Å²) in [6.07, 6.45) is 1.60. The van der Waals surface area contributed by atoms with Crippen molar-refractivity contribution < 1.29 is 9.13 Å². The zero-order chi connectivity index (χ0) is 13.5. The third-order valence-electron chi connectivity index (χ3n) is 2.29. The van der Waals surface area contributed by atoms with Gasteiger partial charge in [0.2, 0.25) is 0 Å². The lowest BCUT2D eigenvalue weighted by Gasteiger charge is -2.10. The van der Waals surface area contributed by atoms with Crippen LogP contribution in [0, 0.1) is 10.1 Å². The molecule has 18 heavy (non-hydrogen) atoms. The normalized spacial score (nSPS) is 11.9. The summed E-state index contributed by atoms with van der Waals surface area (Å²) in [6, 6.07) is 5.07. The molecule has 7 heteroatoms. The van der Waals surface area contributed by atoms with Crippen LogP contribution in [0.1, 0.15) is 6.92 Å². The van der Waals surface area contributed by atoms with Crippen molar-refractivity contribution in [3.05, 3.63) is 28.3 Å². The molecule has 0 bridgehead atoms. The molecule has 0 saturated heterocycles. The number of anilines is 2. The van der Waals surface area contributed by atoms with Gasteiger partial charge in [0.05, 0.1) is 4.92 Å². The van der Waals surface area contributed by atoms with E-state index in [0.717, 1.165) is 0 Å². The average molecular weight is 271 g/mol. The minimum atomic E-state index is -0.913. The van der Waals surface area contributed by atoms with E-state index in [0.29, 0.717) is 30.2 Å². The maximum atomic E-state index is 11.1. The molecule has 0 aliphatic rings. The molecule has 1 rings (SSSR count). The molecule has 1 unspecified atom stereocenters. The standard InChI is InChI=1S/C11H17N3O3S/c1-3-12-9-5-4-6-10(11(9)14(15)16)13-7-8-18(2)17/h4-6,12-13H,3,7-8H2,1-2H3. The summed E-state index contributed by atoms with van der Waals surface area (Å²) in [5.74, 6) is 0.461. The summed E-state index contributed by atoms with van der Waals surface area (Å²) in [5.41, 5.74) is 0.968. The van der Waals surface area contributed by atoms with Gasteiger partial charge in [-0.2, -0.15) is 0 Å². The number of para-hydroxylation sites is 1. The van der Waals surface area contributed by atoms with Gasteiger partial charge in [0.15, 0.2) is 0 Å². The van der Waals surface area contributed by atoms with Gasteiger partial charge >= 0.3 is 5.69 Å². The number of hydrogen-bond acceptors (Lipinski definition) is 5. The molecule has 0 amide bonds. The van der Waals surface area contributed by atoms with Crippen LogP contribution in [0.25, 0.3) is 0 Å². The minimum Gasteiger partial charge on any atom is -0.380 e. The van der Waals surface area contributed by atoms with E-state index in [1.165, 1.54) is 0 Å². The zero-order valence-corrected chi connectivity index (χ0v) is 11.3. The van der Waals surface area contributed by atoms with Gasteiger partial charge in [-0.05, 0) is 19.1 Å². The fourth-order valence-electron chi connectivity index (χ4n) is 1.55. The molecule has 0 aromatic heterocycles. The van der Waals surface area contributed by atoms with Crippen molar-refractivity contribution >= 4 is 27.9 Å². The lowest BCUT2D eigenvalue weighted by Crippen LogP contribution is -2.12. The molecule has 1 aromatic carbocycles. The molecular formula is C11H17N3O3S. The van der Waals surface area contributed by atoms with Gasteiger partial charge < -0.3 is 10.6 Å².